The highest BCUT2D eigenvalue weighted by molar-refractivity contribution is 6.05. The number of hydrogen-bond acceptors (Lipinski definition) is 3. The molecule has 0 saturated carbocycles. The minimum absolute atomic E-state index is 0.195. The number of furan rings is 1. The Kier molecular flexibility index (Phi) is 3.46. The van der Waals surface area contributed by atoms with Gasteiger partial charge in [-0.1, -0.05) is 12.1 Å². The third kappa shape index (κ3) is 2.41. The summed E-state index contributed by atoms with van der Waals surface area (Å²) in [6.45, 7) is 3.96. The number of carbonyl (C=O) groups excluding carboxylic acids is 1. The standard InChI is InChI=1S/C16H18N2O2/c1-12-8-11-20-15(12)16(19)17-13-6-2-3-7-14(13)18-9-4-5-10-18/h2-3,6-8,11H,4-5,9-10H2,1H3,(H,17,19). The molecule has 1 saturated heterocycles. The lowest BCUT2D eigenvalue weighted by Crippen LogP contribution is -2.21. The Labute approximate surface area is 118 Å². The van der Waals surface area contributed by atoms with Crippen LogP contribution in [0.4, 0.5) is 11.4 Å². The van der Waals surface area contributed by atoms with Crippen molar-refractivity contribution in [2.45, 2.75) is 19.8 Å². The molecule has 0 aliphatic carbocycles. The molecule has 1 aromatic carbocycles. The van der Waals surface area contributed by atoms with E-state index in [9.17, 15) is 4.79 Å². The largest absolute Gasteiger partial charge is 0.459 e. The van der Waals surface area contributed by atoms with Crippen LogP contribution in [0.25, 0.3) is 0 Å². The number of para-hydroxylation sites is 2. The zero-order valence-corrected chi connectivity index (χ0v) is 11.6. The Morgan fingerprint density at radius 1 is 1.20 bits per heavy atom. The van der Waals surface area contributed by atoms with Crippen LogP contribution in [0.2, 0.25) is 0 Å². The third-order valence-electron chi connectivity index (χ3n) is 3.67. The minimum atomic E-state index is -0.195. The summed E-state index contributed by atoms with van der Waals surface area (Å²) in [7, 11) is 0. The molecule has 1 amide bonds. The second-order valence-corrected chi connectivity index (χ2v) is 5.10. The van der Waals surface area contributed by atoms with E-state index in [-0.39, 0.29) is 5.91 Å². The molecule has 2 aromatic rings. The van der Waals surface area contributed by atoms with E-state index in [4.69, 9.17) is 4.42 Å². The van der Waals surface area contributed by atoms with E-state index in [0.717, 1.165) is 30.0 Å². The first-order valence-corrected chi connectivity index (χ1v) is 6.95. The highest BCUT2D eigenvalue weighted by Gasteiger charge is 2.18. The average molecular weight is 270 g/mol. The van der Waals surface area contributed by atoms with E-state index in [1.807, 2.05) is 25.1 Å². The number of carbonyl (C=O) groups is 1. The highest BCUT2D eigenvalue weighted by Crippen LogP contribution is 2.29. The number of benzene rings is 1. The molecule has 20 heavy (non-hydrogen) atoms. The molecular formula is C16H18N2O2. The van der Waals surface area contributed by atoms with Gasteiger partial charge in [-0.3, -0.25) is 4.79 Å². The van der Waals surface area contributed by atoms with Crippen LogP contribution in [-0.2, 0) is 0 Å². The molecule has 1 fully saturated rings. The van der Waals surface area contributed by atoms with Crippen LogP contribution >= 0.6 is 0 Å². The Bertz CT molecular complexity index is 612. The van der Waals surface area contributed by atoms with E-state index < -0.39 is 0 Å². The van der Waals surface area contributed by atoms with Crippen molar-refractivity contribution in [1.29, 1.82) is 0 Å². The monoisotopic (exact) mass is 270 g/mol. The quantitative estimate of drug-likeness (QED) is 0.929. The maximum Gasteiger partial charge on any atom is 0.291 e. The molecule has 3 rings (SSSR count). The number of nitrogens with one attached hydrogen (secondary N) is 1. The van der Waals surface area contributed by atoms with Crippen molar-refractivity contribution >= 4 is 17.3 Å². The van der Waals surface area contributed by atoms with Crippen LogP contribution in [0, 0.1) is 6.92 Å². The van der Waals surface area contributed by atoms with Gasteiger partial charge in [-0.2, -0.15) is 0 Å². The molecule has 0 unspecified atom stereocenters. The van der Waals surface area contributed by atoms with Gasteiger partial charge in [0, 0.05) is 18.7 Å². The fourth-order valence-corrected chi connectivity index (χ4v) is 2.60. The summed E-state index contributed by atoms with van der Waals surface area (Å²) in [5, 5.41) is 2.96. The molecule has 0 atom stereocenters. The highest BCUT2D eigenvalue weighted by atomic mass is 16.3. The zero-order valence-electron chi connectivity index (χ0n) is 11.6. The number of amides is 1. The summed E-state index contributed by atoms with van der Waals surface area (Å²) in [5.74, 6) is 0.181. The van der Waals surface area contributed by atoms with Crippen molar-refractivity contribution < 1.29 is 9.21 Å². The van der Waals surface area contributed by atoms with Crippen molar-refractivity contribution in [3.05, 3.63) is 47.9 Å². The van der Waals surface area contributed by atoms with Crippen molar-refractivity contribution in [1.82, 2.24) is 0 Å². The smallest absolute Gasteiger partial charge is 0.291 e. The van der Waals surface area contributed by atoms with Gasteiger partial charge < -0.3 is 14.6 Å². The molecule has 0 spiro atoms. The number of nitrogens with zero attached hydrogens (tertiary/aromatic N) is 1. The van der Waals surface area contributed by atoms with Crippen LogP contribution in [0.1, 0.15) is 29.0 Å². The van der Waals surface area contributed by atoms with Gasteiger partial charge in [0.05, 0.1) is 17.6 Å². The van der Waals surface area contributed by atoms with Gasteiger partial charge in [-0.05, 0) is 38.0 Å². The van der Waals surface area contributed by atoms with Crippen LogP contribution in [-0.4, -0.2) is 19.0 Å². The van der Waals surface area contributed by atoms with Gasteiger partial charge in [0.15, 0.2) is 5.76 Å². The number of anilines is 2. The normalized spacial score (nSPS) is 14.6. The fourth-order valence-electron chi connectivity index (χ4n) is 2.60. The molecule has 104 valence electrons. The molecule has 0 bridgehead atoms. The topological polar surface area (TPSA) is 45.5 Å². The SMILES string of the molecule is Cc1ccoc1C(=O)Nc1ccccc1N1CCCC1. The Morgan fingerprint density at radius 3 is 2.65 bits per heavy atom. The van der Waals surface area contributed by atoms with Crippen molar-refractivity contribution in [2.24, 2.45) is 0 Å². The van der Waals surface area contributed by atoms with E-state index in [1.54, 1.807) is 6.07 Å². The Balaban J connectivity index is 1.84. The van der Waals surface area contributed by atoms with Crippen LogP contribution in [0.5, 0.6) is 0 Å². The van der Waals surface area contributed by atoms with Gasteiger partial charge >= 0.3 is 0 Å². The first-order valence-electron chi connectivity index (χ1n) is 6.95. The van der Waals surface area contributed by atoms with Crippen molar-refractivity contribution in [3.63, 3.8) is 0 Å². The van der Waals surface area contributed by atoms with E-state index in [1.165, 1.54) is 19.1 Å². The van der Waals surface area contributed by atoms with Crippen LogP contribution in [0.15, 0.2) is 41.0 Å². The maximum absolute atomic E-state index is 12.2. The first-order chi connectivity index (χ1) is 9.75. The van der Waals surface area contributed by atoms with E-state index in [2.05, 4.69) is 16.3 Å². The van der Waals surface area contributed by atoms with Gasteiger partial charge in [0.2, 0.25) is 0 Å². The zero-order chi connectivity index (χ0) is 13.9. The molecule has 1 aromatic heterocycles. The summed E-state index contributed by atoms with van der Waals surface area (Å²) in [4.78, 5) is 14.5. The molecule has 4 heteroatoms. The van der Waals surface area contributed by atoms with Crippen molar-refractivity contribution in [2.75, 3.05) is 23.3 Å². The minimum Gasteiger partial charge on any atom is -0.459 e. The predicted molar refractivity (Wildman–Crippen MR) is 79.3 cm³/mol. The molecule has 2 heterocycles. The lowest BCUT2D eigenvalue weighted by atomic mass is 10.2. The molecule has 1 aliphatic heterocycles. The third-order valence-corrected chi connectivity index (χ3v) is 3.67. The Hall–Kier alpha value is -2.23. The summed E-state index contributed by atoms with van der Waals surface area (Å²) in [5.41, 5.74) is 2.78. The van der Waals surface area contributed by atoms with Gasteiger partial charge in [-0.15, -0.1) is 0 Å². The van der Waals surface area contributed by atoms with Crippen LogP contribution in [0.3, 0.4) is 0 Å². The van der Waals surface area contributed by atoms with Crippen LogP contribution < -0.4 is 10.2 Å². The Morgan fingerprint density at radius 2 is 1.95 bits per heavy atom. The molecule has 1 N–H and O–H groups in total. The summed E-state index contributed by atoms with van der Waals surface area (Å²) in [6.07, 6.45) is 3.95. The molecule has 4 nitrogen and oxygen atoms in total. The van der Waals surface area contributed by atoms with Gasteiger partial charge in [0.25, 0.3) is 5.91 Å². The van der Waals surface area contributed by atoms with E-state index >= 15 is 0 Å². The number of aryl methyl sites for hydroxylation is 1. The van der Waals surface area contributed by atoms with Gasteiger partial charge in [-0.25, -0.2) is 0 Å². The van der Waals surface area contributed by atoms with Gasteiger partial charge in [0.1, 0.15) is 0 Å². The number of hydrogen-bond donors (Lipinski definition) is 1. The molecular weight excluding hydrogens is 252 g/mol. The second kappa shape index (κ2) is 5.41. The molecule has 1 aliphatic rings. The fraction of sp³-hybridized carbons (Fsp3) is 0.312. The first kappa shape index (κ1) is 12.8. The summed E-state index contributed by atoms with van der Waals surface area (Å²) >= 11 is 0. The predicted octanol–water partition coefficient (Wildman–Crippen LogP) is 3.44. The lowest BCUT2D eigenvalue weighted by Gasteiger charge is -2.21. The lowest BCUT2D eigenvalue weighted by molar-refractivity contribution is 0.0996. The van der Waals surface area contributed by atoms with E-state index in [0.29, 0.717) is 5.76 Å². The number of rotatable bonds is 3. The van der Waals surface area contributed by atoms with Crippen molar-refractivity contribution in [3.8, 4) is 0 Å². The summed E-state index contributed by atoms with van der Waals surface area (Å²) < 4.78 is 5.24. The second-order valence-electron chi connectivity index (χ2n) is 5.10. The maximum atomic E-state index is 12.2. The molecule has 0 radical (unpaired) electrons. The average Bonchev–Trinajstić information content (AvgIpc) is 3.10. The summed E-state index contributed by atoms with van der Waals surface area (Å²) in [6, 6.07) is 9.71.